The summed E-state index contributed by atoms with van der Waals surface area (Å²) in [6, 6.07) is 7.60. The highest BCUT2D eigenvalue weighted by Gasteiger charge is 2.26. The number of aromatic nitrogens is 1. The van der Waals surface area contributed by atoms with E-state index >= 15 is 0 Å². The van der Waals surface area contributed by atoms with Crippen molar-refractivity contribution < 1.29 is 19.0 Å². The number of methoxy groups -OCH3 is 2. The van der Waals surface area contributed by atoms with Gasteiger partial charge in [-0.15, -0.1) is 0 Å². The molecule has 1 N–H and O–H groups in total. The lowest BCUT2D eigenvalue weighted by atomic mass is 9.92. The molecule has 2 aliphatic rings. The van der Waals surface area contributed by atoms with Gasteiger partial charge >= 0.3 is 0 Å². The number of pyridine rings is 1. The van der Waals surface area contributed by atoms with E-state index in [4.69, 9.17) is 14.2 Å². The van der Waals surface area contributed by atoms with Gasteiger partial charge in [0.25, 0.3) is 5.91 Å². The first kappa shape index (κ1) is 20.6. The zero-order valence-electron chi connectivity index (χ0n) is 17.7. The van der Waals surface area contributed by atoms with Crippen molar-refractivity contribution in [2.45, 2.75) is 44.9 Å². The van der Waals surface area contributed by atoms with Crippen molar-refractivity contribution in [3.8, 4) is 17.1 Å². The Morgan fingerprint density at radius 1 is 1.23 bits per heavy atom. The highest BCUT2D eigenvalue weighted by atomic mass is 16.6. The molecular weight excluding hydrogens is 384 g/mol. The first-order valence-corrected chi connectivity index (χ1v) is 10.3. The van der Waals surface area contributed by atoms with Gasteiger partial charge < -0.3 is 24.1 Å². The molecule has 160 valence electrons. The molecule has 1 atom stereocenters. The fourth-order valence-electron chi connectivity index (χ4n) is 3.87. The van der Waals surface area contributed by atoms with E-state index in [0.717, 1.165) is 36.1 Å². The van der Waals surface area contributed by atoms with Crippen LogP contribution in [0.25, 0.3) is 11.3 Å². The van der Waals surface area contributed by atoms with Crippen LogP contribution in [0.5, 0.6) is 5.88 Å². The molecule has 30 heavy (non-hydrogen) atoms. The number of carbonyl (C=O) groups excluding carboxylic acids is 1. The summed E-state index contributed by atoms with van der Waals surface area (Å²) in [7, 11) is 3.22. The number of amides is 1. The lowest BCUT2D eigenvalue weighted by Gasteiger charge is -2.27. The summed E-state index contributed by atoms with van der Waals surface area (Å²) in [5, 5.41) is 3.03. The summed E-state index contributed by atoms with van der Waals surface area (Å²) in [6.07, 6.45) is 2.66. The van der Waals surface area contributed by atoms with Crippen LogP contribution in [0, 0.1) is 6.92 Å². The highest BCUT2D eigenvalue weighted by molar-refractivity contribution is 5.95. The minimum Gasteiger partial charge on any atom is -0.476 e. The molecule has 1 aliphatic heterocycles. The second kappa shape index (κ2) is 8.62. The van der Waals surface area contributed by atoms with Crippen LogP contribution >= 0.6 is 0 Å². The van der Waals surface area contributed by atoms with Gasteiger partial charge in [-0.2, -0.15) is 0 Å². The Hall–Kier alpha value is -2.64. The fourth-order valence-corrected chi connectivity index (χ4v) is 3.87. The van der Waals surface area contributed by atoms with Crippen molar-refractivity contribution in [2.24, 2.45) is 0 Å². The van der Waals surface area contributed by atoms with Gasteiger partial charge in [-0.1, -0.05) is 6.07 Å². The molecule has 1 aromatic carbocycles. The van der Waals surface area contributed by atoms with E-state index in [-0.39, 0.29) is 17.4 Å². The molecule has 7 nitrogen and oxygen atoms in total. The molecule has 0 radical (unpaired) electrons. The lowest BCUT2D eigenvalue weighted by Crippen LogP contribution is -2.28. The van der Waals surface area contributed by atoms with Crippen molar-refractivity contribution in [1.82, 2.24) is 9.88 Å². The average molecular weight is 412 g/mol. The highest BCUT2D eigenvalue weighted by Crippen LogP contribution is 2.34. The zero-order chi connectivity index (χ0) is 21.3. The average Bonchev–Trinajstić information content (AvgIpc) is 3.57. The second-order valence-corrected chi connectivity index (χ2v) is 7.97. The number of aryl methyl sites for hydroxylation is 1. The molecule has 1 fully saturated rings. The molecule has 0 bridgehead atoms. The third-order valence-electron chi connectivity index (χ3n) is 5.76. The number of nitrogens with zero attached hydrogens (tertiary/aromatic N) is 1. The standard InChI is InChI=1S/C23H28N2O5/c1-14-20(26)11-21(30-13-18(29-3)12-28-2)25-9-8-15-10-16(4-7-19(15)22(14)25)23(27)24-17-5-6-17/h4,7,10-11,17-18H,5-6,8-9,12-13H2,1-3H3,(H,24,27)/t18-/m0/s1. The molecule has 1 amide bonds. The molecule has 1 aliphatic carbocycles. The number of fused-ring (bicyclic) bond motifs is 3. The first-order chi connectivity index (χ1) is 14.5. The lowest BCUT2D eigenvalue weighted by molar-refractivity contribution is -0.000948. The van der Waals surface area contributed by atoms with E-state index < -0.39 is 0 Å². The van der Waals surface area contributed by atoms with Gasteiger partial charge in [0.05, 0.1) is 12.3 Å². The van der Waals surface area contributed by atoms with Crippen LogP contribution in [-0.2, 0) is 22.4 Å². The number of carbonyl (C=O) groups is 1. The fraction of sp³-hybridized carbons (Fsp3) is 0.478. The predicted molar refractivity (Wildman–Crippen MR) is 113 cm³/mol. The summed E-state index contributed by atoms with van der Waals surface area (Å²) >= 11 is 0. The van der Waals surface area contributed by atoms with Crippen LogP contribution in [0.2, 0.25) is 0 Å². The van der Waals surface area contributed by atoms with Gasteiger partial charge in [-0.25, -0.2) is 0 Å². The van der Waals surface area contributed by atoms with Crippen molar-refractivity contribution in [3.63, 3.8) is 0 Å². The van der Waals surface area contributed by atoms with Gasteiger partial charge in [-0.3, -0.25) is 9.59 Å². The zero-order valence-corrected chi connectivity index (χ0v) is 17.7. The van der Waals surface area contributed by atoms with Gasteiger partial charge in [-0.05, 0) is 43.9 Å². The number of ether oxygens (including phenoxy) is 3. The molecule has 0 spiro atoms. The van der Waals surface area contributed by atoms with Crippen LogP contribution in [0.1, 0.15) is 34.3 Å². The molecule has 2 aromatic rings. The minimum absolute atomic E-state index is 0.0270. The Morgan fingerprint density at radius 3 is 2.73 bits per heavy atom. The van der Waals surface area contributed by atoms with E-state index in [0.29, 0.717) is 42.8 Å². The quantitative estimate of drug-likeness (QED) is 0.720. The SMILES string of the molecule is COC[C@@H](COc1cc(=O)c(C)c2n1CCc1cc(C(=O)NC3CC3)ccc1-2)OC. The molecule has 2 heterocycles. The van der Waals surface area contributed by atoms with Gasteiger partial charge in [0.1, 0.15) is 12.7 Å². The monoisotopic (exact) mass is 412 g/mol. The Morgan fingerprint density at radius 2 is 2.03 bits per heavy atom. The van der Waals surface area contributed by atoms with E-state index in [1.165, 1.54) is 0 Å². The van der Waals surface area contributed by atoms with Crippen LogP contribution in [-0.4, -0.2) is 50.1 Å². The van der Waals surface area contributed by atoms with Crippen LogP contribution in [0.4, 0.5) is 0 Å². The maximum Gasteiger partial charge on any atom is 0.251 e. The summed E-state index contributed by atoms with van der Waals surface area (Å²) < 4.78 is 18.5. The van der Waals surface area contributed by atoms with Gasteiger partial charge in [0, 0.05) is 49.6 Å². The maximum atomic E-state index is 12.7. The number of rotatable bonds is 8. The number of hydrogen-bond acceptors (Lipinski definition) is 5. The molecule has 0 saturated heterocycles. The Bertz CT molecular complexity index is 1010. The van der Waals surface area contributed by atoms with Gasteiger partial charge in [0.2, 0.25) is 0 Å². The Kier molecular flexibility index (Phi) is 5.92. The summed E-state index contributed by atoms with van der Waals surface area (Å²) in [5.41, 5.74) is 4.19. The van der Waals surface area contributed by atoms with E-state index in [9.17, 15) is 9.59 Å². The van der Waals surface area contributed by atoms with Crippen molar-refractivity contribution in [3.05, 3.63) is 51.2 Å². The van der Waals surface area contributed by atoms with Crippen molar-refractivity contribution >= 4 is 5.91 Å². The minimum atomic E-state index is -0.217. The normalized spacial score (nSPS) is 15.8. The summed E-state index contributed by atoms with van der Waals surface area (Å²) in [6.45, 7) is 3.21. The Labute approximate surface area is 175 Å². The molecule has 0 unspecified atom stereocenters. The molecular formula is C23H28N2O5. The molecule has 4 rings (SSSR count). The maximum absolute atomic E-state index is 12.7. The number of nitrogens with one attached hydrogen (secondary N) is 1. The van der Waals surface area contributed by atoms with Gasteiger partial charge in [0.15, 0.2) is 11.3 Å². The van der Waals surface area contributed by atoms with Crippen LogP contribution in [0.3, 0.4) is 0 Å². The Balaban J connectivity index is 1.65. The molecule has 7 heteroatoms. The van der Waals surface area contributed by atoms with E-state index in [1.807, 2.05) is 29.7 Å². The third kappa shape index (κ3) is 4.13. The predicted octanol–water partition coefficient (Wildman–Crippen LogP) is 2.31. The number of benzene rings is 1. The van der Waals surface area contributed by atoms with E-state index in [1.54, 1.807) is 20.3 Å². The molecule has 1 saturated carbocycles. The number of hydrogen-bond donors (Lipinski definition) is 1. The van der Waals surface area contributed by atoms with E-state index in [2.05, 4.69) is 5.32 Å². The summed E-state index contributed by atoms with van der Waals surface area (Å²) in [4.78, 5) is 25.1. The smallest absolute Gasteiger partial charge is 0.251 e. The molecule has 1 aromatic heterocycles. The third-order valence-corrected chi connectivity index (χ3v) is 5.76. The first-order valence-electron chi connectivity index (χ1n) is 10.3. The summed E-state index contributed by atoms with van der Waals surface area (Å²) in [5.74, 6) is 0.501. The topological polar surface area (TPSA) is 78.8 Å². The van der Waals surface area contributed by atoms with Crippen molar-refractivity contribution in [1.29, 1.82) is 0 Å². The second-order valence-electron chi connectivity index (χ2n) is 7.97. The van der Waals surface area contributed by atoms with Crippen molar-refractivity contribution in [2.75, 3.05) is 27.4 Å². The van der Waals surface area contributed by atoms with Crippen LogP contribution in [0.15, 0.2) is 29.1 Å². The van der Waals surface area contributed by atoms with Crippen LogP contribution < -0.4 is 15.5 Å². The largest absolute Gasteiger partial charge is 0.476 e.